The summed E-state index contributed by atoms with van der Waals surface area (Å²) in [7, 11) is 0. The lowest BCUT2D eigenvalue weighted by molar-refractivity contribution is 0.111. The van der Waals surface area contributed by atoms with Gasteiger partial charge < -0.3 is 5.73 Å². The van der Waals surface area contributed by atoms with Crippen molar-refractivity contribution in [2.75, 3.05) is 5.73 Å². The number of carbonyl (C=O) groups excluding carboxylic acids is 1. The molecule has 0 amide bonds. The third kappa shape index (κ3) is 1.22. The molecule has 0 atom stereocenters. The number of hydrogen-bond acceptors (Lipinski definition) is 4. The molecule has 0 aliphatic heterocycles. The molecule has 1 aromatic rings. The smallest absolute Gasteiger partial charge is 0.168 e. The van der Waals surface area contributed by atoms with Crippen LogP contribution in [0.2, 0.25) is 0 Å². The SMILES string of the molecule is Nc1cc(C=O)ncn1. The minimum Gasteiger partial charge on any atom is -0.384 e. The molecule has 0 spiro atoms. The van der Waals surface area contributed by atoms with Crippen molar-refractivity contribution in [3.05, 3.63) is 18.1 Å². The highest BCUT2D eigenvalue weighted by Gasteiger charge is 1.89. The van der Waals surface area contributed by atoms with E-state index in [1.807, 2.05) is 0 Å². The molecule has 0 radical (unpaired) electrons. The number of aromatic nitrogens is 2. The van der Waals surface area contributed by atoms with Crippen molar-refractivity contribution in [2.45, 2.75) is 0 Å². The third-order valence-corrected chi connectivity index (χ3v) is 0.830. The van der Waals surface area contributed by atoms with Crippen LogP contribution in [0.3, 0.4) is 0 Å². The van der Waals surface area contributed by atoms with Crippen LogP contribution in [-0.2, 0) is 0 Å². The summed E-state index contributed by atoms with van der Waals surface area (Å²) >= 11 is 0. The first-order valence-corrected chi connectivity index (χ1v) is 2.35. The standard InChI is InChI=1S/C5H5N3O/c6-5-1-4(2-9)7-3-8-5/h1-3H,(H2,6,7,8). The van der Waals surface area contributed by atoms with Gasteiger partial charge in [0.15, 0.2) is 6.29 Å². The minimum atomic E-state index is 0.308. The second kappa shape index (κ2) is 2.21. The summed E-state index contributed by atoms with van der Waals surface area (Å²) < 4.78 is 0. The lowest BCUT2D eigenvalue weighted by atomic mass is 10.4. The fraction of sp³-hybridized carbons (Fsp3) is 0. The van der Waals surface area contributed by atoms with Crippen molar-refractivity contribution in [3.63, 3.8) is 0 Å². The van der Waals surface area contributed by atoms with Gasteiger partial charge in [-0.15, -0.1) is 0 Å². The molecule has 0 saturated carbocycles. The molecule has 0 aromatic carbocycles. The maximum atomic E-state index is 10.0. The van der Waals surface area contributed by atoms with Gasteiger partial charge in [0.05, 0.1) is 0 Å². The molecule has 9 heavy (non-hydrogen) atoms. The van der Waals surface area contributed by atoms with Crippen molar-refractivity contribution < 1.29 is 4.79 Å². The molecule has 4 nitrogen and oxygen atoms in total. The second-order valence-corrected chi connectivity index (χ2v) is 1.49. The number of nitrogen functional groups attached to an aromatic ring is 1. The van der Waals surface area contributed by atoms with E-state index in [0.29, 0.717) is 17.8 Å². The molecular weight excluding hydrogens is 118 g/mol. The van der Waals surface area contributed by atoms with Gasteiger partial charge in [0.2, 0.25) is 0 Å². The lowest BCUT2D eigenvalue weighted by Gasteiger charge is -1.88. The molecule has 2 N–H and O–H groups in total. The normalized spacial score (nSPS) is 8.89. The Morgan fingerprint density at radius 1 is 1.56 bits per heavy atom. The number of aldehydes is 1. The Bertz CT molecular complexity index is 223. The van der Waals surface area contributed by atoms with E-state index < -0.39 is 0 Å². The van der Waals surface area contributed by atoms with E-state index in [1.54, 1.807) is 0 Å². The van der Waals surface area contributed by atoms with Crippen molar-refractivity contribution in [1.82, 2.24) is 9.97 Å². The van der Waals surface area contributed by atoms with Crippen molar-refractivity contribution in [2.24, 2.45) is 0 Å². The van der Waals surface area contributed by atoms with Crippen LogP contribution in [-0.4, -0.2) is 16.3 Å². The van der Waals surface area contributed by atoms with Crippen LogP contribution in [0, 0.1) is 0 Å². The number of rotatable bonds is 1. The summed E-state index contributed by atoms with van der Waals surface area (Å²) in [5.41, 5.74) is 5.53. The van der Waals surface area contributed by atoms with Gasteiger partial charge >= 0.3 is 0 Å². The van der Waals surface area contributed by atoms with Gasteiger partial charge in [0, 0.05) is 6.07 Å². The topological polar surface area (TPSA) is 68.9 Å². The predicted octanol–water partition coefficient (Wildman–Crippen LogP) is -0.129. The van der Waals surface area contributed by atoms with Crippen LogP contribution >= 0.6 is 0 Å². The van der Waals surface area contributed by atoms with E-state index in [2.05, 4.69) is 9.97 Å². The van der Waals surface area contributed by atoms with Crippen molar-refractivity contribution >= 4 is 12.1 Å². The van der Waals surface area contributed by atoms with E-state index in [9.17, 15) is 4.79 Å². The average Bonchev–Trinajstić information content (AvgIpc) is 1.88. The highest BCUT2D eigenvalue weighted by atomic mass is 16.1. The molecule has 1 aromatic heterocycles. The quantitative estimate of drug-likeness (QED) is 0.528. The molecule has 0 fully saturated rings. The van der Waals surface area contributed by atoms with Crippen LogP contribution in [0.1, 0.15) is 10.5 Å². The van der Waals surface area contributed by atoms with Gasteiger partial charge in [-0.25, -0.2) is 9.97 Å². The van der Waals surface area contributed by atoms with Gasteiger partial charge in [0.25, 0.3) is 0 Å². The zero-order valence-electron chi connectivity index (χ0n) is 4.61. The van der Waals surface area contributed by atoms with Gasteiger partial charge in [-0.1, -0.05) is 0 Å². The van der Waals surface area contributed by atoms with Crippen LogP contribution in [0.4, 0.5) is 5.82 Å². The molecular formula is C5H5N3O. The Morgan fingerprint density at radius 3 is 2.78 bits per heavy atom. The maximum absolute atomic E-state index is 10.0. The minimum absolute atomic E-state index is 0.308. The van der Waals surface area contributed by atoms with Crippen molar-refractivity contribution in [1.29, 1.82) is 0 Å². The van der Waals surface area contributed by atoms with Gasteiger partial charge in [-0.2, -0.15) is 0 Å². The fourth-order valence-corrected chi connectivity index (χ4v) is 0.453. The first kappa shape index (κ1) is 5.68. The third-order valence-electron chi connectivity index (χ3n) is 0.830. The highest BCUT2D eigenvalue weighted by Crippen LogP contribution is 1.93. The van der Waals surface area contributed by atoms with E-state index in [4.69, 9.17) is 5.73 Å². The summed E-state index contributed by atoms with van der Waals surface area (Å²) in [4.78, 5) is 17.2. The molecule has 1 rings (SSSR count). The molecule has 0 aliphatic carbocycles. The van der Waals surface area contributed by atoms with Crippen molar-refractivity contribution in [3.8, 4) is 0 Å². The molecule has 4 heteroatoms. The summed E-state index contributed by atoms with van der Waals surface area (Å²) in [5.74, 6) is 0.312. The number of hydrogen-bond donors (Lipinski definition) is 1. The molecule has 0 aliphatic rings. The Hall–Kier alpha value is -1.45. The monoisotopic (exact) mass is 123 g/mol. The average molecular weight is 123 g/mol. The van der Waals surface area contributed by atoms with Gasteiger partial charge in [-0.3, -0.25) is 4.79 Å². The first-order valence-electron chi connectivity index (χ1n) is 2.35. The number of carbonyl (C=O) groups is 1. The highest BCUT2D eigenvalue weighted by molar-refractivity contribution is 5.72. The molecule has 0 saturated heterocycles. The molecule has 0 bridgehead atoms. The number of nitrogens with two attached hydrogens (primary N) is 1. The van der Waals surface area contributed by atoms with E-state index in [-0.39, 0.29) is 0 Å². The summed E-state index contributed by atoms with van der Waals surface area (Å²) in [6.45, 7) is 0. The zero-order chi connectivity index (χ0) is 6.69. The van der Waals surface area contributed by atoms with E-state index in [0.717, 1.165) is 0 Å². The van der Waals surface area contributed by atoms with Crippen LogP contribution < -0.4 is 5.73 Å². The Morgan fingerprint density at radius 2 is 2.33 bits per heavy atom. The summed E-state index contributed by atoms with van der Waals surface area (Å²) in [6.07, 6.45) is 1.87. The van der Waals surface area contributed by atoms with E-state index >= 15 is 0 Å². The van der Waals surface area contributed by atoms with Gasteiger partial charge in [0.1, 0.15) is 17.8 Å². The molecule has 0 unspecified atom stereocenters. The van der Waals surface area contributed by atoms with Crippen LogP contribution in [0.25, 0.3) is 0 Å². The second-order valence-electron chi connectivity index (χ2n) is 1.49. The number of nitrogens with zero attached hydrogens (tertiary/aromatic N) is 2. The fourth-order valence-electron chi connectivity index (χ4n) is 0.453. The summed E-state index contributed by atoms with van der Waals surface area (Å²) in [6, 6.07) is 1.41. The Labute approximate surface area is 51.7 Å². The summed E-state index contributed by atoms with van der Waals surface area (Å²) in [5, 5.41) is 0. The van der Waals surface area contributed by atoms with Gasteiger partial charge in [-0.05, 0) is 0 Å². The van der Waals surface area contributed by atoms with E-state index in [1.165, 1.54) is 12.4 Å². The zero-order valence-corrected chi connectivity index (χ0v) is 4.61. The van der Waals surface area contributed by atoms with Crippen LogP contribution in [0.15, 0.2) is 12.4 Å². The molecule has 1 heterocycles. The predicted molar refractivity (Wildman–Crippen MR) is 31.8 cm³/mol. The van der Waals surface area contributed by atoms with Crippen LogP contribution in [0.5, 0.6) is 0 Å². The largest absolute Gasteiger partial charge is 0.384 e. The maximum Gasteiger partial charge on any atom is 0.168 e. The Kier molecular flexibility index (Phi) is 1.40. The Balaban J connectivity index is 3.07. The lowest BCUT2D eigenvalue weighted by Crippen LogP contribution is -1.93. The first-order chi connectivity index (χ1) is 4.33. The molecule has 46 valence electrons. The number of anilines is 1.